The number of nitrogens with one attached hydrogen (secondary N) is 1. The van der Waals surface area contributed by atoms with E-state index in [9.17, 15) is 8.42 Å². The van der Waals surface area contributed by atoms with Crippen molar-refractivity contribution in [3.63, 3.8) is 0 Å². The molecule has 116 valence electrons. The average Bonchev–Trinajstić information content (AvgIpc) is 2.37. The predicted molar refractivity (Wildman–Crippen MR) is 80.4 cm³/mol. The Bertz CT molecular complexity index is 549. The lowest BCUT2D eigenvalue weighted by Crippen LogP contribution is -2.38. The molecule has 1 atom stereocenters. The second kappa shape index (κ2) is 7.68. The van der Waals surface area contributed by atoms with Crippen molar-refractivity contribution in [2.24, 2.45) is 5.73 Å². The summed E-state index contributed by atoms with van der Waals surface area (Å²) in [4.78, 5) is 0.158. The van der Waals surface area contributed by atoms with Gasteiger partial charge in [0.05, 0.1) is 19.1 Å². The molecule has 0 heterocycles. The monoisotopic (exact) mass is 324 g/mol. The van der Waals surface area contributed by atoms with Crippen LogP contribution in [-0.4, -0.2) is 35.2 Å². The van der Waals surface area contributed by atoms with Gasteiger partial charge in [0, 0.05) is 18.2 Å². The summed E-state index contributed by atoms with van der Waals surface area (Å²) in [5, 5.41) is 0. The molecule has 1 aromatic rings. The zero-order chi connectivity index (χ0) is 14.6. The predicted octanol–water partition coefficient (Wildman–Crippen LogP) is 1.06. The van der Waals surface area contributed by atoms with Crippen molar-refractivity contribution in [3.8, 4) is 11.5 Å². The Kier molecular flexibility index (Phi) is 7.29. The van der Waals surface area contributed by atoms with E-state index in [1.165, 1.54) is 20.3 Å². The van der Waals surface area contributed by atoms with Crippen LogP contribution in [0.5, 0.6) is 11.5 Å². The molecule has 0 saturated carbocycles. The summed E-state index contributed by atoms with van der Waals surface area (Å²) >= 11 is 0. The van der Waals surface area contributed by atoms with Crippen LogP contribution < -0.4 is 19.9 Å². The van der Waals surface area contributed by atoms with Crippen LogP contribution in [0.15, 0.2) is 17.0 Å². The summed E-state index contributed by atoms with van der Waals surface area (Å²) in [5.41, 5.74) is 5.92. The molecule has 0 spiro atoms. The van der Waals surface area contributed by atoms with Gasteiger partial charge in [-0.25, -0.2) is 13.1 Å². The smallest absolute Gasteiger partial charge is 0.241 e. The normalized spacial score (nSPS) is 12.4. The van der Waals surface area contributed by atoms with Crippen molar-refractivity contribution in [3.05, 3.63) is 17.7 Å². The lowest BCUT2D eigenvalue weighted by molar-refractivity contribution is 0.351. The largest absolute Gasteiger partial charge is 0.493 e. The first-order valence-corrected chi connectivity index (χ1v) is 7.29. The van der Waals surface area contributed by atoms with E-state index in [4.69, 9.17) is 15.2 Å². The first-order valence-electron chi connectivity index (χ1n) is 5.81. The Morgan fingerprint density at radius 2 is 1.90 bits per heavy atom. The van der Waals surface area contributed by atoms with Gasteiger partial charge in [0.2, 0.25) is 10.0 Å². The highest BCUT2D eigenvalue weighted by atomic mass is 35.5. The Labute approximate surface area is 126 Å². The third kappa shape index (κ3) is 3.99. The maximum Gasteiger partial charge on any atom is 0.241 e. The first kappa shape index (κ1) is 19.0. The lowest BCUT2D eigenvalue weighted by atomic mass is 10.2. The topological polar surface area (TPSA) is 90.7 Å². The summed E-state index contributed by atoms with van der Waals surface area (Å²) in [6.07, 6.45) is 0. The molecule has 0 saturated heterocycles. The molecule has 20 heavy (non-hydrogen) atoms. The van der Waals surface area contributed by atoms with Gasteiger partial charge < -0.3 is 15.2 Å². The van der Waals surface area contributed by atoms with Crippen molar-refractivity contribution in [1.29, 1.82) is 0 Å². The van der Waals surface area contributed by atoms with Gasteiger partial charge in [-0.05, 0) is 26.0 Å². The number of halogens is 1. The van der Waals surface area contributed by atoms with Crippen molar-refractivity contribution >= 4 is 22.4 Å². The highest BCUT2D eigenvalue weighted by Gasteiger charge is 2.22. The fourth-order valence-electron chi connectivity index (χ4n) is 1.73. The van der Waals surface area contributed by atoms with Crippen LogP contribution in [0.4, 0.5) is 0 Å². The molecule has 3 N–H and O–H groups in total. The van der Waals surface area contributed by atoms with E-state index in [1.54, 1.807) is 19.9 Å². The SMILES string of the molecule is COc1ccc(S(=O)(=O)NC(C)CN)c(C)c1OC.Cl. The van der Waals surface area contributed by atoms with Gasteiger partial charge in [-0.2, -0.15) is 0 Å². The molecule has 1 rings (SSSR count). The molecule has 0 aliphatic rings. The van der Waals surface area contributed by atoms with Crippen LogP contribution in [0.3, 0.4) is 0 Å². The Morgan fingerprint density at radius 1 is 1.30 bits per heavy atom. The van der Waals surface area contributed by atoms with Gasteiger partial charge in [0.15, 0.2) is 11.5 Å². The summed E-state index contributed by atoms with van der Waals surface area (Å²) in [6, 6.07) is 2.72. The maximum atomic E-state index is 12.2. The van der Waals surface area contributed by atoms with E-state index in [1.807, 2.05) is 0 Å². The second-order valence-electron chi connectivity index (χ2n) is 4.18. The zero-order valence-electron chi connectivity index (χ0n) is 12.0. The highest BCUT2D eigenvalue weighted by molar-refractivity contribution is 7.89. The molecule has 1 unspecified atom stereocenters. The van der Waals surface area contributed by atoms with E-state index in [-0.39, 0.29) is 29.9 Å². The Hall–Kier alpha value is -1.02. The molecule has 0 radical (unpaired) electrons. The van der Waals surface area contributed by atoms with E-state index >= 15 is 0 Å². The molecule has 0 aromatic heterocycles. The minimum Gasteiger partial charge on any atom is -0.493 e. The van der Waals surface area contributed by atoms with Crippen LogP contribution >= 0.6 is 12.4 Å². The molecule has 0 fully saturated rings. The summed E-state index contributed by atoms with van der Waals surface area (Å²) in [6.45, 7) is 3.60. The van der Waals surface area contributed by atoms with Gasteiger partial charge >= 0.3 is 0 Å². The number of benzene rings is 1. The van der Waals surface area contributed by atoms with Crippen molar-refractivity contribution in [2.45, 2.75) is 24.8 Å². The van der Waals surface area contributed by atoms with Crippen LogP contribution in [0.2, 0.25) is 0 Å². The quantitative estimate of drug-likeness (QED) is 0.816. The van der Waals surface area contributed by atoms with Gasteiger partial charge in [0.1, 0.15) is 0 Å². The van der Waals surface area contributed by atoms with Gasteiger partial charge in [-0.15, -0.1) is 12.4 Å². The molecular formula is C12H21ClN2O4S. The highest BCUT2D eigenvalue weighted by Crippen LogP contribution is 2.34. The Balaban J connectivity index is 0.00000361. The molecular weight excluding hydrogens is 304 g/mol. The van der Waals surface area contributed by atoms with Crippen molar-refractivity contribution < 1.29 is 17.9 Å². The standard InChI is InChI=1S/C12H20N2O4S.ClH/c1-8(7-13)14-19(15,16)11-6-5-10(17-3)12(18-4)9(11)2;/h5-6,8,14H,7,13H2,1-4H3;1H. The van der Waals surface area contributed by atoms with Crippen molar-refractivity contribution in [2.75, 3.05) is 20.8 Å². The molecule has 0 aliphatic heterocycles. The van der Waals surface area contributed by atoms with E-state index in [0.717, 1.165) is 0 Å². The summed E-state index contributed by atoms with van der Waals surface area (Å²) in [7, 11) is -0.656. The number of methoxy groups -OCH3 is 2. The van der Waals surface area contributed by atoms with Crippen LogP contribution in [0.25, 0.3) is 0 Å². The number of rotatable bonds is 6. The third-order valence-electron chi connectivity index (χ3n) is 2.74. The van der Waals surface area contributed by atoms with Crippen LogP contribution in [0, 0.1) is 6.92 Å². The van der Waals surface area contributed by atoms with Crippen LogP contribution in [-0.2, 0) is 10.0 Å². The minimum absolute atomic E-state index is 0. The maximum absolute atomic E-state index is 12.2. The first-order chi connectivity index (χ1) is 8.87. The molecule has 1 aromatic carbocycles. The van der Waals surface area contributed by atoms with Gasteiger partial charge in [-0.3, -0.25) is 0 Å². The third-order valence-corrected chi connectivity index (χ3v) is 4.48. The molecule has 0 bridgehead atoms. The fraction of sp³-hybridized carbons (Fsp3) is 0.500. The lowest BCUT2D eigenvalue weighted by Gasteiger charge is -2.17. The average molecular weight is 325 g/mol. The number of hydrogen-bond donors (Lipinski definition) is 2. The van der Waals surface area contributed by atoms with Crippen molar-refractivity contribution in [1.82, 2.24) is 4.72 Å². The number of hydrogen-bond acceptors (Lipinski definition) is 5. The molecule has 0 aliphatic carbocycles. The number of nitrogens with two attached hydrogens (primary N) is 1. The zero-order valence-corrected chi connectivity index (χ0v) is 13.6. The summed E-state index contributed by atoms with van der Waals surface area (Å²) in [5.74, 6) is 0.900. The summed E-state index contributed by atoms with van der Waals surface area (Å²) < 4.78 is 37.3. The van der Waals surface area contributed by atoms with Gasteiger partial charge in [0.25, 0.3) is 0 Å². The van der Waals surface area contributed by atoms with E-state index in [0.29, 0.717) is 17.1 Å². The number of ether oxygens (including phenoxy) is 2. The fourth-order valence-corrected chi connectivity index (χ4v) is 3.23. The number of sulfonamides is 1. The van der Waals surface area contributed by atoms with Gasteiger partial charge in [-0.1, -0.05) is 0 Å². The Morgan fingerprint density at radius 3 is 2.35 bits per heavy atom. The molecule has 0 amide bonds. The minimum atomic E-state index is -3.63. The molecule has 6 nitrogen and oxygen atoms in total. The molecule has 8 heteroatoms. The van der Waals surface area contributed by atoms with E-state index < -0.39 is 10.0 Å². The second-order valence-corrected chi connectivity index (χ2v) is 5.86. The van der Waals surface area contributed by atoms with E-state index in [2.05, 4.69) is 4.72 Å². The van der Waals surface area contributed by atoms with Crippen LogP contribution in [0.1, 0.15) is 12.5 Å².